The molecule has 0 amide bonds. The molecule has 4 aromatic carbocycles. The molecule has 0 aromatic heterocycles. The highest BCUT2D eigenvalue weighted by molar-refractivity contribution is 7.92. The van der Waals surface area contributed by atoms with E-state index in [0.29, 0.717) is 34.4 Å². The number of rotatable bonds is 7. The van der Waals surface area contributed by atoms with Crippen LogP contribution in [0.2, 0.25) is 0 Å². The van der Waals surface area contributed by atoms with Crippen LogP contribution in [0.15, 0.2) is 95.9 Å². The smallest absolute Gasteiger partial charge is 0.416 e. The van der Waals surface area contributed by atoms with Gasteiger partial charge in [-0.15, -0.1) is 0 Å². The lowest BCUT2D eigenvalue weighted by Gasteiger charge is -2.11. The maximum Gasteiger partial charge on any atom is 0.416 e. The van der Waals surface area contributed by atoms with E-state index in [9.17, 15) is 35.9 Å². The summed E-state index contributed by atoms with van der Waals surface area (Å²) in [5, 5.41) is 9.58. The number of aromatic carboxylic acids is 1. The molecule has 4 rings (SSSR count). The topological polar surface area (TPSA) is 83.5 Å². The van der Waals surface area contributed by atoms with Gasteiger partial charge in [-0.1, -0.05) is 42.5 Å². The highest BCUT2D eigenvalue weighted by Gasteiger charge is 2.30. The van der Waals surface area contributed by atoms with E-state index >= 15 is 0 Å². The molecule has 0 unspecified atom stereocenters. The molecular weight excluding hydrogens is 522 g/mol. The molecule has 0 radical (unpaired) electrons. The summed E-state index contributed by atoms with van der Waals surface area (Å²) in [6, 6.07) is 19.8. The lowest BCUT2D eigenvalue weighted by Crippen LogP contribution is -2.13. The van der Waals surface area contributed by atoms with Gasteiger partial charge in [-0.05, 0) is 82.9 Å². The number of carboxylic acids is 1. The SMILES string of the molecule is O=C(O)c1ccc(-c2ccc(F)cc2)cc1C=Cc1cccc(NS(=O)(=O)c2ccc(C(F)(F)F)cc2)c1. The molecule has 0 bridgehead atoms. The third kappa shape index (κ3) is 6.27. The number of alkyl halides is 3. The number of halogens is 4. The molecule has 38 heavy (non-hydrogen) atoms. The summed E-state index contributed by atoms with van der Waals surface area (Å²) in [4.78, 5) is 11.4. The van der Waals surface area contributed by atoms with Gasteiger partial charge in [0.2, 0.25) is 0 Å². The van der Waals surface area contributed by atoms with Crippen molar-refractivity contribution in [3.63, 3.8) is 0 Å². The first-order valence-electron chi connectivity index (χ1n) is 11.0. The Bertz CT molecular complexity index is 1610. The number of nitrogens with one attached hydrogen (secondary N) is 1. The maximum absolute atomic E-state index is 13.3. The van der Waals surface area contributed by atoms with Gasteiger partial charge in [-0.25, -0.2) is 17.6 Å². The van der Waals surface area contributed by atoms with Crippen molar-refractivity contribution >= 4 is 33.8 Å². The summed E-state index contributed by atoms with van der Waals surface area (Å²) in [6.07, 6.45) is -1.44. The van der Waals surface area contributed by atoms with Gasteiger partial charge in [-0.2, -0.15) is 13.2 Å². The molecule has 0 heterocycles. The van der Waals surface area contributed by atoms with Crippen LogP contribution in [0.3, 0.4) is 0 Å². The first-order valence-corrected chi connectivity index (χ1v) is 12.5. The number of hydrogen-bond donors (Lipinski definition) is 2. The Hall–Kier alpha value is -4.44. The van der Waals surface area contributed by atoms with Crippen LogP contribution in [-0.2, 0) is 16.2 Å². The van der Waals surface area contributed by atoms with Crippen LogP contribution in [0.5, 0.6) is 0 Å². The monoisotopic (exact) mass is 541 g/mol. The number of carboxylic acid groups (broad SMARTS) is 1. The molecule has 194 valence electrons. The van der Waals surface area contributed by atoms with Crippen molar-refractivity contribution in [2.75, 3.05) is 4.72 Å². The molecule has 0 aliphatic carbocycles. The molecular formula is C28H19F4NO4S. The van der Waals surface area contributed by atoms with E-state index in [-0.39, 0.29) is 16.1 Å². The van der Waals surface area contributed by atoms with Gasteiger partial charge < -0.3 is 5.11 Å². The van der Waals surface area contributed by atoms with Gasteiger partial charge in [0, 0.05) is 5.69 Å². The van der Waals surface area contributed by atoms with E-state index in [2.05, 4.69) is 4.72 Å². The average molecular weight is 542 g/mol. The van der Waals surface area contributed by atoms with Crippen molar-refractivity contribution in [2.45, 2.75) is 11.1 Å². The number of sulfonamides is 1. The first kappa shape index (κ1) is 26.6. The molecule has 0 aliphatic heterocycles. The Balaban J connectivity index is 1.59. The third-order valence-electron chi connectivity index (χ3n) is 5.55. The molecule has 0 aliphatic rings. The minimum absolute atomic E-state index is 0.0336. The molecule has 0 atom stereocenters. The first-order chi connectivity index (χ1) is 17.9. The Morgan fingerprint density at radius 2 is 1.47 bits per heavy atom. The predicted octanol–water partition coefficient (Wildman–Crippen LogP) is 7.18. The van der Waals surface area contributed by atoms with Gasteiger partial charge in [0.15, 0.2) is 0 Å². The fourth-order valence-corrected chi connectivity index (χ4v) is 4.70. The van der Waals surface area contributed by atoms with Gasteiger partial charge in [0.1, 0.15) is 5.82 Å². The van der Waals surface area contributed by atoms with Gasteiger partial charge in [0.25, 0.3) is 10.0 Å². The molecule has 10 heteroatoms. The largest absolute Gasteiger partial charge is 0.478 e. The summed E-state index contributed by atoms with van der Waals surface area (Å²) < 4.78 is 79.3. The zero-order valence-electron chi connectivity index (χ0n) is 19.4. The standard InChI is InChI=1S/C28H19F4NO4S/c29-23-11-6-19(7-12-23)20-8-15-26(27(34)35)21(17-20)5-4-18-2-1-3-24(16-18)33-38(36,37)25-13-9-22(10-14-25)28(30,31)32/h1-17,33H,(H,34,35). The van der Waals surface area contributed by atoms with E-state index in [1.807, 2.05) is 0 Å². The highest BCUT2D eigenvalue weighted by Crippen LogP contribution is 2.30. The number of carbonyl (C=O) groups is 1. The van der Waals surface area contributed by atoms with Crippen LogP contribution in [0.1, 0.15) is 27.0 Å². The minimum atomic E-state index is -4.59. The van der Waals surface area contributed by atoms with E-state index in [4.69, 9.17) is 0 Å². The molecule has 2 N–H and O–H groups in total. The van der Waals surface area contributed by atoms with Crippen LogP contribution >= 0.6 is 0 Å². The summed E-state index contributed by atoms with van der Waals surface area (Å²) in [5.74, 6) is -1.54. The van der Waals surface area contributed by atoms with Crippen molar-refractivity contribution in [3.8, 4) is 11.1 Å². The second-order valence-electron chi connectivity index (χ2n) is 8.20. The molecule has 5 nitrogen and oxygen atoms in total. The average Bonchev–Trinajstić information content (AvgIpc) is 2.87. The van der Waals surface area contributed by atoms with Gasteiger partial charge >= 0.3 is 12.1 Å². The van der Waals surface area contributed by atoms with E-state index in [0.717, 1.165) is 12.1 Å². The van der Waals surface area contributed by atoms with Gasteiger partial charge in [0.05, 0.1) is 16.0 Å². The Morgan fingerprint density at radius 3 is 2.11 bits per heavy atom. The Morgan fingerprint density at radius 1 is 0.816 bits per heavy atom. The summed E-state index contributed by atoms with van der Waals surface area (Å²) in [7, 11) is -4.16. The number of benzene rings is 4. The van der Waals surface area contributed by atoms with Crippen molar-refractivity contribution in [1.29, 1.82) is 0 Å². The summed E-state index contributed by atoms with van der Waals surface area (Å²) >= 11 is 0. The number of anilines is 1. The molecule has 0 spiro atoms. The second-order valence-corrected chi connectivity index (χ2v) is 9.88. The fraction of sp³-hybridized carbons (Fsp3) is 0.0357. The van der Waals surface area contributed by atoms with Crippen molar-refractivity contribution in [3.05, 3.63) is 119 Å². The van der Waals surface area contributed by atoms with Gasteiger partial charge in [-0.3, -0.25) is 4.72 Å². The third-order valence-corrected chi connectivity index (χ3v) is 6.94. The lowest BCUT2D eigenvalue weighted by molar-refractivity contribution is -0.137. The van der Waals surface area contributed by atoms with E-state index < -0.39 is 33.5 Å². The molecule has 0 fully saturated rings. The van der Waals surface area contributed by atoms with Crippen LogP contribution in [0.4, 0.5) is 23.2 Å². The zero-order valence-corrected chi connectivity index (χ0v) is 20.2. The summed E-state index contributed by atoms with van der Waals surface area (Å²) in [5.41, 5.74) is 1.49. The highest BCUT2D eigenvalue weighted by atomic mass is 32.2. The normalized spacial score (nSPS) is 12.0. The quantitative estimate of drug-likeness (QED) is 0.192. The Labute approximate surface area is 215 Å². The molecule has 0 saturated carbocycles. The Kier molecular flexibility index (Phi) is 7.36. The van der Waals surface area contributed by atoms with Crippen LogP contribution < -0.4 is 4.72 Å². The van der Waals surface area contributed by atoms with Crippen molar-refractivity contribution in [2.24, 2.45) is 0 Å². The number of hydrogen-bond acceptors (Lipinski definition) is 3. The maximum atomic E-state index is 13.3. The molecule has 0 saturated heterocycles. The second kappa shape index (κ2) is 10.5. The van der Waals surface area contributed by atoms with E-state index in [1.165, 1.54) is 30.3 Å². The van der Waals surface area contributed by atoms with Crippen LogP contribution in [0, 0.1) is 5.82 Å². The molecule has 4 aromatic rings. The van der Waals surface area contributed by atoms with Crippen molar-refractivity contribution in [1.82, 2.24) is 0 Å². The van der Waals surface area contributed by atoms with E-state index in [1.54, 1.807) is 48.6 Å². The fourth-order valence-electron chi connectivity index (χ4n) is 3.65. The zero-order chi connectivity index (χ0) is 27.5. The lowest BCUT2D eigenvalue weighted by atomic mass is 9.98. The predicted molar refractivity (Wildman–Crippen MR) is 136 cm³/mol. The van der Waals surface area contributed by atoms with Crippen LogP contribution in [0.25, 0.3) is 23.3 Å². The summed E-state index contributed by atoms with van der Waals surface area (Å²) in [6.45, 7) is 0. The van der Waals surface area contributed by atoms with Crippen molar-refractivity contribution < 1.29 is 35.9 Å². The van der Waals surface area contributed by atoms with Crippen LogP contribution in [-0.4, -0.2) is 19.5 Å². The minimum Gasteiger partial charge on any atom is -0.478 e.